The van der Waals surface area contributed by atoms with Gasteiger partial charge >= 0.3 is 0 Å². The number of likely N-dealkylation sites (N-methyl/N-ethyl adjacent to an activating group) is 1. The molecule has 1 aliphatic rings. The van der Waals surface area contributed by atoms with E-state index in [1.165, 1.54) is 51.9 Å². The van der Waals surface area contributed by atoms with Gasteiger partial charge in [-0.3, -0.25) is 0 Å². The SMILES string of the molecule is CCCNCCC(C)N(C)CCN1CCCC1. The van der Waals surface area contributed by atoms with E-state index in [0.717, 1.165) is 13.1 Å². The lowest BCUT2D eigenvalue weighted by Crippen LogP contribution is -2.38. The third-order valence-corrected chi connectivity index (χ3v) is 3.89. The molecule has 0 spiro atoms. The number of hydrogen-bond acceptors (Lipinski definition) is 3. The maximum Gasteiger partial charge on any atom is 0.0109 e. The summed E-state index contributed by atoms with van der Waals surface area (Å²) in [6.45, 7) is 12.0. The van der Waals surface area contributed by atoms with E-state index >= 15 is 0 Å². The Kier molecular flexibility index (Phi) is 7.82. The van der Waals surface area contributed by atoms with Crippen molar-refractivity contribution in [3.8, 4) is 0 Å². The van der Waals surface area contributed by atoms with Gasteiger partial charge in [-0.1, -0.05) is 6.92 Å². The molecule has 1 unspecified atom stereocenters. The summed E-state index contributed by atoms with van der Waals surface area (Å²) in [6, 6.07) is 0.696. The van der Waals surface area contributed by atoms with Crippen molar-refractivity contribution in [1.29, 1.82) is 0 Å². The third kappa shape index (κ3) is 6.39. The van der Waals surface area contributed by atoms with Gasteiger partial charge in [-0.25, -0.2) is 0 Å². The van der Waals surface area contributed by atoms with Gasteiger partial charge in [-0.15, -0.1) is 0 Å². The van der Waals surface area contributed by atoms with E-state index in [-0.39, 0.29) is 0 Å². The predicted octanol–water partition coefficient (Wildman–Crippen LogP) is 1.79. The highest BCUT2D eigenvalue weighted by Gasteiger charge is 2.13. The first-order valence-electron chi connectivity index (χ1n) is 7.37. The average molecular weight is 241 g/mol. The maximum atomic E-state index is 3.48. The van der Waals surface area contributed by atoms with Crippen LogP contribution in [0.3, 0.4) is 0 Å². The zero-order valence-electron chi connectivity index (χ0n) is 12.0. The molecular formula is C14H31N3. The van der Waals surface area contributed by atoms with E-state index < -0.39 is 0 Å². The molecule has 1 saturated heterocycles. The van der Waals surface area contributed by atoms with Crippen LogP contribution >= 0.6 is 0 Å². The lowest BCUT2D eigenvalue weighted by Gasteiger charge is -2.27. The van der Waals surface area contributed by atoms with Crippen LogP contribution in [0.15, 0.2) is 0 Å². The Morgan fingerprint density at radius 2 is 1.94 bits per heavy atom. The van der Waals surface area contributed by atoms with Crippen LogP contribution in [0.2, 0.25) is 0 Å². The van der Waals surface area contributed by atoms with E-state index in [0.29, 0.717) is 6.04 Å². The fourth-order valence-corrected chi connectivity index (χ4v) is 2.36. The zero-order valence-corrected chi connectivity index (χ0v) is 12.0. The molecule has 0 bridgehead atoms. The molecule has 0 saturated carbocycles. The highest BCUT2D eigenvalue weighted by atomic mass is 15.2. The van der Waals surface area contributed by atoms with Crippen LogP contribution < -0.4 is 5.32 Å². The molecule has 1 heterocycles. The molecule has 0 aromatic heterocycles. The molecule has 0 aromatic carbocycles. The van der Waals surface area contributed by atoms with Crippen LogP contribution in [0.4, 0.5) is 0 Å². The number of hydrogen-bond donors (Lipinski definition) is 1. The Balaban J connectivity index is 2.02. The molecule has 0 amide bonds. The molecule has 17 heavy (non-hydrogen) atoms. The first-order valence-corrected chi connectivity index (χ1v) is 7.37. The monoisotopic (exact) mass is 241 g/mol. The summed E-state index contributed by atoms with van der Waals surface area (Å²) in [5.74, 6) is 0. The summed E-state index contributed by atoms with van der Waals surface area (Å²) in [5.41, 5.74) is 0. The van der Waals surface area contributed by atoms with Gasteiger partial charge in [-0.05, 0) is 65.8 Å². The molecule has 102 valence electrons. The van der Waals surface area contributed by atoms with Crippen LogP contribution in [0.5, 0.6) is 0 Å². The van der Waals surface area contributed by atoms with Gasteiger partial charge < -0.3 is 15.1 Å². The van der Waals surface area contributed by atoms with Crippen molar-refractivity contribution in [2.75, 3.05) is 46.3 Å². The van der Waals surface area contributed by atoms with Crippen molar-refractivity contribution < 1.29 is 0 Å². The van der Waals surface area contributed by atoms with E-state index in [9.17, 15) is 0 Å². The molecule has 3 nitrogen and oxygen atoms in total. The number of rotatable bonds is 9. The molecule has 0 aliphatic carbocycles. The van der Waals surface area contributed by atoms with E-state index in [1.54, 1.807) is 0 Å². The summed E-state index contributed by atoms with van der Waals surface area (Å²) in [6.07, 6.45) is 5.30. The molecule has 1 atom stereocenters. The van der Waals surface area contributed by atoms with Gasteiger partial charge in [0.25, 0.3) is 0 Å². The average Bonchev–Trinajstić information content (AvgIpc) is 2.84. The van der Waals surface area contributed by atoms with Crippen molar-refractivity contribution in [2.45, 2.75) is 45.6 Å². The highest BCUT2D eigenvalue weighted by molar-refractivity contribution is 4.70. The first kappa shape index (κ1) is 14.9. The summed E-state index contributed by atoms with van der Waals surface area (Å²) >= 11 is 0. The Morgan fingerprint density at radius 1 is 1.24 bits per heavy atom. The second kappa shape index (κ2) is 8.90. The fraction of sp³-hybridized carbons (Fsp3) is 1.00. The Labute approximate surface area is 108 Å². The number of likely N-dealkylation sites (tertiary alicyclic amines) is 1. The summed E-state index contributed by atoms with van der Waals surface area (Å²) in [5, 5.41) is 3.48. The third-order valence-electron chi connectivity index (χ3n) is 3.89. The quantitative estimate of drug-likeness (QED) is 0.621. The molecule has 0 radical (unpaired) electrons. The topological polar surface area (TPSA) is 18.5 Å². The Bertz CT molecular complexity index is 178. The molecule has 3 heteroatoms. The Morgan fingerprint density at radius 3 is 2.59 bits per heavy atom. The summed E-state index contributed by atoms with van der Waals surface area (Å²) in [7, 11) is 2.26. The minimum absolute atomic E-state index is 0.696. The summed E-state index contributed by atoms with van der Waals surface area (Å²) < 4.78 is 0. The van der Waals surface area contributed by atoms with Gasteiger partial charge in [0.05, 0.1) is 0 Å². The molecule has 0 aromatic rings. The molecule has 1 fully saturated rings. The van der Waals surface area contributed by atoms with Crippen LogP contribution in [-0.4, -0.2) is 62.2 Å². The lowest BCUT2D eigenvalue weighted by molar-refractivity contribution is 0.207. The van der Waals surface area contributed by atoms with E-state index in [4.69, 9.17) is 0 Å². The molecular weight excluding hydrogens is 210 g/mol. The Hall–Kier alpha value is -0.120. The van der Waals surface area contributed by atoms with Gasteiger partial charge in [0.1, 0.15) is 0 Å². The van der Waals surface area contributed by atoms with Crippen molar-refractivity contribution >= 4 is 0 Å². The van der Waals surface area contributed by atoms with Crippen LogP contribution in [0.1, 0.15) is 39.5 Å². The smallest absolute Gasteiger partial charge is 0.0109 e. The number of nitrogens with zero attached hydrogens (tertiary/aromatic N) is 2. The fourth-order valence-electron chi connectivity index (χ4n) is 2.36. The largest absolute Gasteiger partial charge is 0.317 e. The molecule has 1 rings (SSSR count). The lowest BCUT2D eigenvalue weighted by atomic mass is 10.2. The highest BCUT2D eigenvalue weighted by Crippen LogP contribution is 2.07. The van der Waals surface area contributed by atoms with Gasteiger partial charge in [0, 0.05) is 19.1 Å². The second-order valence-corrected chi connectivity index (χ2v) is 5.42. The minimum atomic E-state index is 0.696. The first-order chi connectivity index (χ1) is 8.24. The second-order valence-electron chi connectivity index (χ2n) is 5.42. The molecule has 1 aliphatic heterocycles. The minimum Gasteiger partial charge on any atom is -0.317 e. The van der Waals surface area contributed by atoms with Crippen LogP contribution in [0, 0.1) is 0 Å². The number of nitrogens with one attached hydrogen (secondary N) is 1. The van der Waals surface area contributed by atoms with E-state index in [1.807, 2.05) is 0 Å². The van der Waals surface area contributed by atoms with Crippen molar-refractivity contribution in [1.82, 2.24) is 15.1 Å². The van der Waals surface area contributed by atoms with E-state index in [2.05, 4.69) is 36.0 Å². The van der Waals surface area contributed by atoms with Crippen molar-refractivity contribution in [3.05, 3.63) is 0 Å². The zero-order chi connectivity index (χ0) is 12.5. The molecule has 1 N–H and O–H groups in total. The normalized spacial score (nSPS) is 19.1. The van der Waals surface area contributed by atoms with Crippen LogP contribution in [0.25, 0.3) is 0 Å². The van der Waals surface area contributed by atoms with Crippen molar-refractivity contribution in [3.63, 3.8) is 0 Å². The van der Waals surface area contributed by atoms with Crippen molar-refractivity contribution in [2.24, 2.45) is 0 Å². The van der Waals surface area contributed by atoms with Gasteiger partial charge in [0.2, 0.25) is 0 Å². The maximum absolute atomic E-state index is 3.48. The standard InChI is InChI=1S/C14H31N3/c1-4-8-15-9-7-14(2)16(3)12-13-17-10-5-6-11-17/h14-15H,4-13H2,1-3H3. The van der Waals surface area contributed by atoms with Gasteiger partial charge in [-0.2, -0.15) is 0 Å². The van der Waals surface area contributed by atoms with Gasteiger partial charge in [0.15, 0.2) is 0 Å². The van der Waals surface area contributed by atoms with Crippen LogP contribution in [-0.2, 0) is 0 Å². The summed E-state index contributed by atoms with van der Waals surface area (Å²) in [4.78, 5) is 5.10. The predicted molar refractivity (Wildman–Crippen MR) is 75.5 cm³/mol.